The van der Waals surface area contributed by atoms with Gasteiger partial charge in [-0.25, -0.2) is 0 Å². The van der Waals surface area contributed by atoms with Crippen LogP contribution in [0.25, 0.3) is 0 Å². The monoisotopic (exact) mass is 309 g/mol. The number of rotatable bonds is 8. The van der Waals surface area contributed by atoms with Gasteiger partial charge in [0, 0.05) is 25.9 Å². The van der Waals surface area contributed by atoms with Crippen molar-refractivity contribution in [3.8, 4) is 0 Å². The van der Waals surface area contributed by atoms with Gasteiger partial charge in [-0.2, -0.15) is 5.10 Å². The summed E-state index contributed by atoms with van der Waals surface area (Å²) < 4.78 is 12.9. The maximum Gasteiger partial charge on any atom is 0.253 e. The first kappa shape index (κ1) is 17.0. The van der Waals surface area contributed by atoms with Gasteiger partial charge >= 0.3 is 0 Å². The molecule has 0 radical (unpaired) electrons. The van der Waals surface area contributed by atoms with Crippen molar-refractivity contribution in [2.24, 2.45) is 5.92 Å². The van der Waals surface area contributed by atoms with E-state index < -0.39 is 0 Å². The van der Waals surface area contributed by atoms with E-state index in [1.807, 2.05) is 17.8 Å². The molecule has 0 saturated carbocycles. The number of aromatic nitrogens is 2. The lowest BCUT2D eigenvalue weighted by Gasteiger charge is -2.23. The van der Waals surface area contributed by atoms with Gasteiger partial charge in [0.15, 0.2) is 0 Å². The molecule has 1 saturated heterocycles. The summed E-state index contributed by atoms with van der Waals surface area (Å²) in [7, 11) is 0. The molecular formula is C16H27N3O3. The SMILES string of the molecule is CCn1cc(N(CC(C)C)C(=O)COCC2CCCO2)cn1. The molecule has 1 aliphatic heterocycles. The van der Waals surface area contributed by atoms with Crippen LogP contribution in [-0.4, -0.2) is 48.2 Å². The van der Waals surface area contributed by atoms with Crippen LogP contribution in [0.1, 0.15) is 33.6 Å². The van der Waals surface area contributed by atoms with E-state index in [2.05, 4.69) is 18.9 Å². The number of carbonyl (C=O) groups excluding carboxylic acids is 1. The topological polar surface area (TPSA) is 56.6 Å². The molecule has 1 amide bonds. The molecule has 0 aromatic carbocycles. The van der Waals surface area contributed by atoms with E-state index in [9.17, 15) is 4.79 Å². The number of nitrogens with zero attached hydrogens (tertiary/aromatic N) is 3. The molecule has 0 aliphatic carbocycles. The highest BCUT2D eigenvalue weighted by Crippen LogP contribution is 2.16. The van der Waals surface area contributed by atoms with Crippen molar-refractivity contribution in [1.29, 1.82) is 0 Å². The molecular weight excluding hydrogens is 282 g/mol. The highest BCUT2D eigenvalue weighted by Gasteiger charge is 2.20. The average molecular weight is 309 g/mol. The average Bonchev–Trinajstić information content (AvgIpc) is 3.15. The summed E-state index contributed by atoms with van der Waals surface area (Å²) in [5.41, 5.74) is 0.835. The minimum atomic E-state index is -0.0256. The van der Waals surface area contributed by atoms with E-state index in [4.69, 9.17) is 9.47 Å². The Hall–Kier alpha value is -1.40. The summed E-state index contributed by atoms with van der Waals surface area (Å²) in [5.74, 6) is 0.356. The maximum absolute atomic E-state index is 12.5. The van der Waals surface area contributed by atoms with Crippen molar-refractivity contribution in [1.82, 2.24) is 9.78 Å². The molecule has 1 aromatic heterocycles. The molecule has 1 unspecified atom stereocenters. The standard InChI is InChI=1S/C16H27N3O3/c1-4-18-10-14(8-17-18)19(9-13(2)3)16(20)12-21-11-15-6-5-7-22-15/h8,10,13,15H,4-7,9,11-12H2,1-3H3. The van der Waals surface area contributed by atoms with Gasteiger partial charge in [0.05, 0.1) is 24.6 Å². The smallest absolute Gasteiger partial charge is 0.253 e. The minimum Gasteiger partial charge on any atom is -0.376 e. The third kappa shape index (κ3) is 4.81. The van der Waals surface area contributed by atoms with E-state index in [0.717, 1.165) is 31.7 Å². The van der Waals surface area contributed by atoms with Gasteiger partial charge in [-0.15, -0.1) is 0 Å². The quantitative estimate of drug-likeness (QED) is 0.738. The van der Waals surface area contributed by atoms with Crippen molar-refractivity contribution in [3.05, 3.63) is 12.4 Å². The zero-order valence-electron chi connectivity index (χ0n) is 13.8. The van der Waals surface area contributed by atoms with Crippen LogP contribution in [0.15, 0.2) is 12.4 Å². The lowest BCUT2D eigenvalue weighted by molar-refractivity contribution is -0.124. The molecule has 1 fully saturated rings. The third-order valence-corrected chi connectivity index (χ3v) is 3.66. The number of hydrogen-bond acceptors (Lipinski definition) is 4. The fraction of sp³-hybridized carbons (Fsp3) is 0.750. The predicted molar refractivity (Wildman–Crippen MR) is 84.9 cm³/mol. The minimum absolute atomic E-state index is 0.0256. The van der Waals surface area contributed by atoms with Gasteiger partial charge in [-0.05, 0) is 25.7 Å². The van der Waals surface area contributed by atoms with E-state index in [1.165, 1.54) is 0 Å². The van der Waals surface area contributed by atoms with Crippen LogP contribution < -0.4 is 4.90 Å². The van der Waals surface area contributed by atoms with Gasteiger partial charge in [-0.3, -0.25) is 9.48 Å². The van der Waals surface area contributed by atoms with Crippen molar-refractivity contribution in [3.63, 3.8) is 0 Å². The van der Waals surface area contributed by atoms with Gasteiger partial charge in [0.2, 0.25) is 0 Å². The Bertz CT molecular complexity index is 467. The van der Waals surface area contributed by atoms with Crippen LogP contribution in [0.4, 0.5) is 5.69 Å². The second kappa shape index (κ2) is 8.29. The lowest BCUT2D eigenvalue weighted by Crippen LogP contribution is -2.37. The van der Waals surface area contributed by atoms with Crippen molar-refractivity contribution < 1.29 is 14.3 Å². The summed E-state index contributed by atoms with van der Waals surface area (Å²) in [4.78, 5) is 14.2. The summed E-state index contributed by atoms with van der Waals surface area (Å²) in [6.07, 6.45) is 5.89. The van der Waals surface area contributed by atoms with Crippen LogP contribution in [0.2, 0.25) is 0 Å². The van der Waals surface area contributed by atoms with Crippen molar-refractivity contribution in [2.45, 2.75) is 46.3 Å². The number of carbonyl (C=O) groups is 1. The summed E-state index contributed by atoms with van der Waals surface area (Å²) in [6, 6.07) is 0. The van der Waals surface area contributed by atoms with E-state index in [0.29, 0.717) is 19.1 Å². The molecule has 0 N–H and O–H groups in total. The van der Waals surface area contributed by atoms with Crippen LogP contribution in [0.5, 0.6) is 0 Å². The van der Waals surface area contributed by atoms with E-state index >= 15 is 0 Å². The molecule has 2 heterocycles. The van der Waals surface area contributed by atoms with Crippen molar-refractivity contribution >= 4 is 11.6 Å². The Morgan fingerprint density at radius 3 is 3.00 bits per heavy atom. The molecule has 0 spiro atoms. The Morgan fingerprint density at radius 2 is 2.41 bits per heavy atom. The molecule has 124 valence electrons. The van der Waals surface area contributed by atoms with Crippen LogP contribution >= 0.6 is 0 Å². The lowest BCUT2D eigenvalue weighted by atomic mass is 10.2. The first-order valence-electron chi connectivity index (χ1n) is 8.12. The third-order valence-electron chi connectivity index (χ3n) is 3.66. The number of anilines is 1. The Morgan fingerprint density at radius 1 is 1.59 bits per heavy atom. The van der Waals surface area contributed by atoms with Gasteiger partial charge < -0.3 is 14.4 Å². The zero-order chi connectivity index (χ0) is 15.9. The Labute approximate surface area is 132 Å². The van der Waals surface area contributed by atoms with E-state index in [-0.39, 0.29) is 18.6 Å². The molecule has 0 bridgehead atoms. The summed E-state index contributed by atoms with van der Waals surface area (Å²) >= 11 is 0. The van der Waals surface area contributed by atoms with E-state index in [1.54, 1.807) is 11.1 Å². The number of amides is 1. The van der Waals surface area contributed by atoms with Gasteiger partial charge in [0.1, 0.15) is 6.61 Å². The molecule has 1 aliphatic rings. The Balaban J connectivity index is 1.90. The second-order valence-electron chi connectivity index (χ2n) is 6.10. The molecule has 6 nitrogen and oxygen atoms in total. The Kier molecular flexibility index (Phi) is 6.39. The van der Waals surface area contributed by atoms with Crippen molar-refractivity contribution in [2.75, 3.05) is 31.3 Å². The molecule has 6 heteroatoms. The predicted octanol–water partition coefficient (Wildman–Crippen LogP) is 2.09. The highest BCUT2D eigenvalue weighted by molar-refractivity contribution is 5.94. The van der Waals surface area contributed by atoms with Crippen LogP contribution in [-0.2, 0) is 20.8 Å². The maximum atomic E-state index is 12.5. The van der Waals surface area contributed by atoms with Gasteiger partial charge in [0.25, 0.3) is 5.91 Å². The summed E-state index contributed by atoms with van der Waals surface area (Å²) in [6.45, 7) is 9.05. The van der Waals surface area contributed by atoms with Crippen LogP contribution in [0.3, 0.4) is 0 Å². The fourth-order valence-electron chi connectivity index (χ4n) is 2.51. The first-order chi connectivity index (χ1) is 10.6. The first-order valence-corrected chi connectivity index (χ1v) is 8.12. The number of aryl methyl sites for hydroxylation is 1. The molecule has 1 aromatic rings. The summed E-state index contributed by atoms with van der Waals surface area (Å²) in [5, 5.41) is 4.25. The molecule has 2 rings (SSSR count). The number of hydrogen-bond donors (Lipinski definition) is 0. The van der Waals surface area contributed by atoms with Gasteiger partial charge in [-0.1, -0.05) is 13.8 Å². The zero-order valence-corrected chi connectivity index (χ0v) is 13.8. The molecule has 22 heavy (non-hydrogen) atoms. The second-order valence-corrected chi connectivity index (χ2v) is 6.10. The molecule has 1 atom stereocenters. The normalized spacial score (nSPS) is 18.1. The number of ether oxygens (including phenoxy) is 2. The van der Waals surface area contributed by atoms with Crippen LogP contribution in [0, 0.1) is 5.92 Å². The fourth-order valence-corrected chi connectivity index (χ4v) is 2.51. The largest absolute Gasteiger partial charge is 0.376 e. The highest BCUT2D eigenvalue weighted by atomic mass is 16.5.